The Morgan fingerprint density at radius 1 is 1.11 bits per heavy atom. The molecule has 0 aliphatic heterocycles. The number of aliphatic hydroxyl groups is 2. The molecule has 0 radical (unpaired) electrons. The summed E-state index contributed by atoms with van der Waals surface area (Å²) in [6, 6.07) is 14.2. The molecule has 2 N–H and O–H groups in total. The molecule has 0 spiro atoms. The van der Waals surface area contributed by atoms with Crippen LogP contribution in [0.5, 0.6) is 0 Å². The van der Waals surface area contributed by atoms with Gasteiger partial charge < -0.3 is 10.2 Å². The van der Waals surface area contributed by atoms with Gasteiger partial charge in [0.05, 0.1) is 12.7 Å². The van der Waals surface area contributed by atoms with E-state index in [0.717, 1.165) is 17.5 Å². The maximum Gasteiger partial charge on any atom is 0.0917 e. The Balaban J connectivity index is 2.14. The van der Waals surface area contributed by atoms with Gasteiger partial charge in [-0.2, -0.15) is 0 Å². The number of rotatable bonds is 6. The zero-order valence-electron chi connectivity index (χ0n) is 11.3. The molecule has 0 heterocycles. The monoisotopic (exact) mass is 259 g/mol. The average molecular weight is 259 g/mol. The Labute approximate surface area is 114 Å². The molecule has 19 heavy (non-hydrogen) atoms. The molecule has 0 aliphatic rings. The smallest absolute Gasteiger partial charge is 0.0917 e. The van der Waals surface area contributed by atoms with Crippen LogP contribution < -0.4 is 0 Å². The van der Waals surface area contributed by atoms with Crippen LogP contribution in [0.15, 0.2) is 42.5 Å². The second-order valence-corrected chi connectivity index (χ2v) is 4.74. The van der Waals surface area contributed by atoms with Gasteiger partial charge in [0.25, 0.3) is 0 Å². The van der Waals surface area contributed by atoms with Gasteiger partial charge in [-0.05, 0) is 28.9 Å². The first-order valence-electron chi connectivity index (χ1n) is 6.74. The van der Waals surface area contributed by atoms with E-state index in [1.54, 1.807) is 0 Å². The number of hydrogen-bond donors (Lipinski definition) is 2. The maximum absolute atomic E-state index is 10.3. The maximum atomic E-state index is 10.3. The fourth-order valence-electron chi connectivity index (χ4n) is 2.28. The Bertz CT molecular complexity index is 527. The number of benzene rings is 2. The van der Waals surface area contributed by atoms with Crippen molar-refractivity contribution in [2.45, 2.75) is 13.0 Å². The summed E-state index contributed by atoms with van der Waals surface area (Å²) in [5.41, 5.74) is 0.926. The fraction of sp³-hybridized carbons (Fsp3) is 0.375. The zero-order valence-corrected chi connectivity index (χ0v) is 11.3. The molecule has 2 rings (SSSR count). The zero-order chi connectivity index (χ0) is 13.7. The first-order valence-corrected chi connectivity index (χ1v) is 6.74. The molecule has 2 aromatic rings. The van der Waals surface area contributed by atoms with E-state index in [9.17, 15) is 5.11 Å². The lowest BCUT2D eigenvalue weighted by molar-refractivity contribution is 0.103. The van der Waals surface area contributed by atoms with Crippen LogP contribution >= 0.6 is 0 Å². The summed E-state index contributed by atoms with van der Waals surface area (Å²) in [7, 11) is 0. The van der Waals surface area contributed by atoms with E-state index in [-0.39, 0.29) is 6.61 Å². The standard InChI is InChI=1S/C16H21NO2/c1-2-17(9-10-18)12-16(19)15-8-7-13-5-3-4-6-14(13)11-15/h3-8,11,16,18-19H,2,9-10,12H2,1H3. The summed E-state index contributed by atoms with van der Waals surface area (Å²) < 4.78 is 0. The molecule has 0 fully saturated rings. The van der Waals surface area contributed by atoms with E-state index in [1.807, 2.05) is 42.2 Å². The quantitative estimate of drug-likeness (QED) is 0.835. The Morgan fingerprint density at radius 3 is 2.53 bits per heavy atom. The topological polar surface area (TPSA) is 43.7 Å². The predicted octanol–water partition coefficient (Wildman–Crippen LogP) is 2.19. The Hall–Kier alpha value is -1.42. The van der Waals surface area contributed by atoms with Gasteiger partial charge in [-0.15, -0.1) is 0 Å². The van der Waals surface area contributed by atoms with Gasteiger partial charge in [0.15, 0.2) is 0 Å². The molecule has 3 heteroatoms. The lowest BCUT2D eigenvalue weighted by atomic mass is 10.0. The Kier molecular flexibility index (Phi) is 4.91. The van der Waals surface area contributed by atoms with Crippen molar-refractivity contribution in [1.29, 1.82) is 0 Å². The van der Waals surface area contributed by atoms with Gasteiger partial charge in [-0.25, -0.2) is 0 Å². The van der Waals surface area contributed by atoms with Crippen molar-refractivity contribution in [2.75, 3.05) is 26.2 Å². The lowest BCUT2D eigenvalue weighted by Crippen LogP contribution is -2.31. The molecule has 1 atom stereocenters. The second-order valence-electron chi connectivity index (χ2n) is 4.74. The molecule has 102 valence electrons. The van der Waals surface area contributed by atoms with E-state index in [2.05, 4.69) is 12.1 Å². The number of aliphatic hydroxyl groups excluding tert-OH is 2. The number of likely N-dealkylation sites (N-methyl/N-ethyl adjacent to an activating group) is 1. The third kappa shape index (κ3) is 3.53. The van der Waals surface area contributed by atoms with E-state index < -0.39 is 6.10 Å². The molecule has 2 aromatic carbocycles. The van der Waals surface area contributed by atoms with Crippen LogP contribution in [-0.4, -0.2) is 41.4 Å². The first kappa shape index (κ1) is 14.0. The third-order valence-corrected chi connectivity index (χ3v) is 3.45. The van der Waals surface area contributed by atoms with Gasteiger partial charge >= 0.3 is 0 Å². The summed E-state index contributed by atoms with van der Waals surface area (Å²) >= 11 is 0. The molecular formula is C16H21NO2. The highest BCUT2D eigenvalue weighted by atomic mass is 16.3. The fourth-order valence-corrected chi connectivity index (χ4v) is 2.28. The highest BCUT2D eigenvalue weighted by molar-refractivity contribution is 5.83. The normalized spacial score (nSPS) is 13.1. The predicted molar refractivity (Wildman–Crippen MR) is 78.1 cm³/mol. The molecule has 0 aliphatic carbocycles. The summed E-state index contributed by atoms with van der Waals surface area (Å²) in [5.74, 6) is 0. The van der Waals surface area contributed by atoms with Gasteiger partial charge in [-0.3, -0.25) is 4.90 Å². The Morgan fingerprint density at radius 2 is 1.84 bits per heavy atom. The van der Waals surface area contributed by atoms with Crippen LogP contribution in [-0.2, 0) is 0 Å². The van der Waals surface area contributed by atoms with Crippen LogP contribution in [0.2, 0.25) is 0 Å². The molecule has 0 aromatic heterocycles. The van der Waals surface area contributed by atoms with E-state index in [1.165, 1.54) is 5.39 Å². The number of hydrogen-bond acceptors (Lipinski definition) is 3. The highest BCUT2D eigenvalue weighted by Gasteiger charge is 2.12. The second kappa shape index (κ2) is 6.66. The molecular weight excluding hydrogens is 238 g/mol. The van der Waals surface area contributed by atoms with Crippen molar-refractivity contribution in [3.63, 3.8) is 0 Å². The van der Waals surface area contributed by atoms with Gasteiger partial charge in [0, 0.05) is 13.1 Å². The van der Waals surface area contributed by atoms with Crippen LogP contribution in [0.1, 0.15) is 18.6 Å². The van der Waals surface area contributed by atoms with Gasteiger partial charge in [0.2, 0.25) is 0 Å². The minimum Gasteiger partial charge on any atom is -0.395 e. The average Bonchev–Trinajstić information content (AvgIpc) is 2.46. The lowest BCUT2D eigenvalue weighted by Gasteiger charge is -2.23. The van der Waals surface area contributed by atoms with Crippen LogP contribution in [0, 0.1) is 0 Å². The van der Waals surface area contributed by atoms with E-state index in [0.29, 0.717) is 13.1 Å². The van der Waals surface area contributed by atoms with Crippen LogP contribution in [0.3, 0.4) is 0 Å². The SMILES string of the molecule is CCN(CCO)CC(O)c1ccc2ccccc2c1. The molecule has 0 amide bonds. The number of fused-ring (bicyclic) bond motifs is 1. The van der Waals surface area contributed by atoms with Crippen molar-refractivity contribution >= 4 is 10.8 Å². The van der Waals surface area contributed by atoms with Crippen molar-refractivity contribution in [1.82, 2.24) is 4.90 Å². The first-order chi connectivity index (χ1) is 9.24. The van der Waals surface area contributed by atoms with Crippen molar-refractivity contribution < 1.29 is 10.2 Å². The van der Waals surface area contributed by atoms with Gasteiger partial charge in [-0.1, -0.05) is 43.3 Å². The van der Waals surface area contributed by atoms with Crippen LogP contribution in [0.25, 0.3) is 10.8 Å². The molecule has 0 saturated carbocycles. The summed E-state index contributed by atoms with van der Waals surface area (Å²) in [4.78, 5) is 2.04. The van der Waals surface area contributed by atoms with E-state index in [4.69, 9.17) is 5.11 Å². The summed E-state index contributed by atoms with van der Waals surface area (Å²) in [6.45, 7) is 4.13. The van der Waals surface area contributed by atoms with E-state index >= 15 is 0 Å². The molecule has 0 bridgehead atoms. The third-order valence-electron chi connectivity index (χ3n) is 3.45. The highest BCUT2D eigenvalue weighted by Crippen LogP contribution is 2.21. The van der Waals surface area contributed by atoms with Crippen LogP contribution in [0.4, 0.5) is 0 Å². The molecule has 1 unspecified atom stereocenters. The number of nitrogens with zero attached hydrogens (tertiary/aromatic N) is 1. The minimum atomic E-state index is -0.517. The summed E-state index contributed by atoms with van der Waals surface area (Å²) in [6.07, 6.45) is -0.517. The minimum absolute atomic E-state index is 0.123. The largest absolute Gasteiger partial charge is 0.395 e. The molecule has 0 saturated heterocycles. The van der Waals surface area contributed by atoms with Crippen molar-refractivity contribution in [2.24, 2.45) is 0 Å². The van der Waals surface area contributed by atoms with Crippen molar-refractivity contribution in [3.05, 3.63) is 48.0 Å². The van der Waals surface area contributed by atoms with Gasteiger partial charge in [0.1, 0.15) is 0 Å². The summed E-state index contributed by atoms with van der Waals surface area (Å²) in [5, 5.41) is 21.6. The molecule has 3 nitrogen and oxygen atoms in total. The van der Waals surface area contributed by atoms with Crippen molar-refractivity contribution in [3.8, 4) is 0 Å².